The Kier molecular flexibility index (Phi) is 4.91. The van der Waals surface area contributed by atoms with Crippen molar-refractivity contribution in [1.29, 1.82) is 0 Å². The first kappa shape index (κ1) is 14.4. The molecule has 1 aliphatic rings. The molecule has 5 heteroatoms. The topological polar surface area (TPSA) is 75.6 Å². The van der Waals surface area contributed by atoms with Crippen molar-refractivity contribution in [2.75, 3.05) is 33.2 Å². The van der Waals surface area contributed by atoms with Gasteiger partial charge in [0.15, 0.2) is 0 Å². The van der Waals surface area contributed by atoms with Crippen LogP contribution in [0.3, 0.4) is 0 Å². The van der Waals surface area contributed by atoms with E-state index in [2.05, 4.69) is 23.8 Å². The lowest BCUT2D eigenvalue weighted by Gasteiger charge is -2.38. The fourth-order valence-electron chi connectivity index (χ4n) is 2.12. The van der Waals surface area contributed by atoms with Crippen LogP contribution >= 0.6 is 0 Å². The summed E-state index contributed by atoms with van der Waals surface area (Å²) in [5, 5.41) is 0. The Labute approximate surface area is 104 Å². The molecule has 2 atom stereocenters. The van der Waals surface area contributed by atoms with Gasteiger partial charge in [-0.25, -0.2) is 0 Å². The van der Waals surface area contributed by atoms with Crippen LogP contribution in [0, 0.1) is 0 Å². The van der Waals surface area contributed by atoms with Gasteiger partial charge >= 0.3 is 0 Å². The van der Waals surface area contributed by atoms with Gasteiger partial charge < -0.3 is 21.3 Å². The van der Waals surface area contributed by atoms with Crippen molar-refractivity contribution in [3.63, 3.8) is 0 Å². The van der Waals surface area contributed by atoms with Crippen molar-refractivity contribution in [1.82, 2.24) is 9.80 Å². The second kappa shape index (κ2) is 5.80. The molecule has 1 saturated heterocycles. The highest BCUT2D eigenvalue weighted by Crippen LogP contribution is 2.11. The first-order valence-corrected chi connectivity index (χ1v) is 6.34. The van der Waals surface area contributed by atoms with Crippen LogP contribution < -0.4 is 11.5 Å². The summed E-state index contributed by atoms with van der Waals surface area (Å²) in [6.07, 6.45) is 1.58. The molecule has 5 nitrogen and oxygen atoms in total. The Morgan fingerprint density at radius 3 is 2.65 bits per heavy atom. The van der Waals surface area contributed by atoms with Gasteiger partial charge in [0.05, 0.1) is 5.54 Å². The van der Waals surface area contributed by atoms with Gasteiger partial charge in [-0.2, -0.15) is 0 Å². The lowest BCUT2D eigenvalue weighted by Crippen LogP contribution is -2.51. The molecule has 1 fully saturated rings. The van der Waals surface area contributed by atoms with Crippen molar-refractivity contribution in [2.24, 2.45) is 11.5 Å². The highest BCUT2D eigenvalue weighted by atomic mass is 16.1. The smallest absolute Gasteiger partial charge is 0.237 e. The van der Waals surface area contributed by atoms with Gasteiger partial charge in [-0.05, 0) is 40.3 Å². The number of rotatable bonds is 5. The summed E-state index contributed by atoms with van der Waals surface area (Å²) in [6, 6.07) is 0.601. The number of amides is 1. The number of hydrogen-bond acceptors (Lipinski definition) is 4. The van der Waals surface area contributed by atoms with Crippen molar-refractivity contribution < 1.29 is 4.79 Å². The summed E-state index contributed by atoms with van der Waals surface area (Å²) in [4.78, 5) is 15.9. The number of nitrogens with two attached hydrogens (primary N) is 2. The molecule has 0 saturated carbocycles. The van der Waals surface area contributed by atoms with E-state index >= 15 is 0 Å². The zero-order valence-electron chi connectivity index (χ0n) is 11.3. The van der Waals surface area contributed by atoms with E-state index in [-0.39, 0.29) is 0 Å². The first-order chi connectivity index (χ1) is 7.83. The van der Waals surface area contributed by atoms with E-state index in [0.717, 1.165) is 32.6 Å². The van der Waals surface area contributed by atoms with Crippen molar-refractivity contribution in [3.05, 3.63) is 0 Å². The van der Waals surface area contributed by atoms with Crippen LogP contribution in [-0.2, 0) is 4.79 Å². The summed E-state index contributed by atoms with van der Waals surface area (Å²) in [7, 11) is 2.16. The molecule has 100 valence electrons. The minimum absolute atomic E-state index is 0.413. The molecular weight excluding hydrogens is 216 g/mol. The van der Waals surface area contributed by atoms with E-state index in [1.54, 1.807) is 6.92 Å². The Hall–Kier alpha value is -0.650. The zero-order valence-corrected chi connectivity index (χ0v) is 11.3. The molecule has 4 N–H and O–H groups in total. The third-order valence-electron chi connectivity index (χ3n) is 3.78. The van der Waals surface area contributed by atoms with Gasteiger partial charge in [0.25, 0.3) is 0 Å². The van der Waals surface area contributed by atoms with Gasteiger partial charge in [-0.3, -0.25) is 4.79 Å². The maximum atomic E-state index is 11.1. The molecule has 0 spiro atoms. The van der Waals surface area contributed by atoms with E-state index in [1.165, 1.54) is 0 Å². The molecule has 0 aromatic carbocycles. The maximum Gasteiger partial charge on any atom is 0.237 e. The normalized spacial score (nSPS) is 26.7. The van der Waals surface area contributed by atoms with Crippen LogP contribution in [0.1, 0.15) is 26.7 Å². The highest BCUT2D eigenvalue weighted by molar-refractivity contribution is 5.83. The van der Waals surface area contributed by atoms with Gasteiger partial charge in [-0.15, -0.1) is 0 Å². The summed E-state index contributed by atoms with van der Waals surface area (Å²) in [5.74, 6) is -0.413. The second-order valence-corrected chi connectivity index (χ2v) is 5.52. The molecule has 17 heavy (non-hydrogen) atoms. The second-order valence-electron chi connectivity index (χ2n) is 5.52. The van der Waals surface area contributed by atoms with Gasteiger partial charge in [0.2, 0.25) is 5.91 Å². The predicted octanol–water partition coefficient (Wildman–Crippen LogP) is -0.395. The average molecular weight is 242 g/mol. The number of primary amides is 1. The van der Waals surface area contributed by atoms with Crippen LogP contribution in [0.4, 0.5) is 0 Å². The predicted molar refractivity (Wildman–Crippen MR) is 69.6 cm³/mol. The molecule has 1 rings (SSSR count). The molecule has 0 radical (unpaired) electrons. The third-order valence-corrected chi connectivity index (χ3v) is 3.78. The quantitative estimate of drug-likeness (QED) is 0.688. The number of carbonyl (C=O) groups excluding carboxylic acids is 1. The Morgan fingerprint density at radius 1 is 1.47 bits per heavy atom. The van der Waals surface area contributed by atoms with Crippen LogP contribution in [0.15, 0.2) is 0 Å². The Morgan fingerprint density at radius 2 is 2.12 bits per heavy atom. The standard InChI is InChI=1S/C12H26N4O/c1-10-9-16(8-7-15(10)3)6-4-5-12(2,14)11(13)17/h10H,4-9,14H2,1-3H3,(H2,13,17). The molecule has 1 heterocycles. The number of hydrogen-bond donors (Lipinski definition) is 2. The molecule has 0 bridgehead atoms. The van der Waals surface area contributed by atoms with Gasteiger partial charge in [-0.1, -0.05) is 0 Å². The Balaban J connectivity index is 2.26. The van der Waals surface area contributed by atoms with Crippen molar-refractivity contribution in [3.8, 4) is 0 Å². The zero-order chi connectivity index (χ0) is 13.1. The van der Waals surface area contributed by atoms with E-state index in [1.807, 2.05) is 0 Å². The summed E-state index contributed by atoms with van der Waals surface area (Å²) >= 11 is 0. The molecule has 0 aliphatic carbocycles. The lowest BCUT2D eigenvalue weighted by molar-refractivity contribution is -0.122. The molecule has 2 unspecified atom stereocenters. The SMILES string of the molecule is CC1CN(CCCC(C)(N)C(N)=O)CCN1C. The van der Waals surface area contributed by atoms with E-state index in [9.17, 15) is 4.79 Å². The van der Waals surface area contributed by atoms with Crippen LogP contribution in [-0.4, -0.2) is 60.5 Å². The molecule has 1 amide bonds. The number of likely N-dealkylation sites (N-methyl/N-ethyl adjacent to an activating group) is 1. The molecule has 0 aromatic heterocycles. The largest absolute Gasteiger partial charge is 0.368 e. The first-order valence-electron chi connectivity index (χ1n) is 6.34. The minimum Gasteiger partial charge on any atom is -0.368 e. The monoisotopic (exact) mass is 242 g/mol. The highest BCUT2D eigenvalue weighted by Gasteiger charge is 2.26. The number of nitrogens with zero attached hydrogens (tertiary/aromatic N) is 2. The van der Waals surface area contributed by atoms with E-state index in [0.29, 0.717) is 12.5 Å². The van der Waals surface area contributed by atoms with E-state index < -0.39 is 11.4 Å². The van der Waals surface area contributed by atoms with Gasteiger partial charge in [0.1, 0.15) is 0 Å². The maximum absolute atomic E-state index is 11.1. The molecule has 0 aromatic rings. The molecular formula is C12H26N4O. The van der Waals surface area contributed by atoms with Crippen molar-refractivity contribution in [2.45, 2.75) is 38.3 Å². The average Bonchev–Trinajstić information content (AvgIpc) is 2.23. The minimum atomic E-state index is -0.863. The number of piperazine rings is 1. The molecule has 1 aliphatic heterocycles. The van der Waals surface area contributed by atoms with Crippen molar-refractivity contribution >= 4 is 5.91 Å². The van der Waals surface area contributed by atoms with Gasteiger partial charge in [0, 0.05) is 25.7 Å². The summed E-state index contributed by atoms with van der Waals surface area (Å²) in [5.41, 5.74) is 10.2. The fourth-order valence-corrected chi connectivity index (χ4v) is 2.12. The third kappa shape index (κ3) is 4.26. The summed E-state index contributed by atoms with van der Waals surface area (Å²) < 4.78 is 0. The fraction of sp³-hybridized carbons (Fsp3) is 0.917. The number of carbonyl (C=O) groups is 1. The Bertz CT molecular complexity index is 267. The lowest BCUT2D eigenvalue weighted by atomic mass is 9.96. The van der Waals surface area contributed by atoms with Crippen LogP contribution in [0.25, 0.3) is 0 Å². The van der Waals surface area contributed by atoms with Crippen LogP contribution in [0.5, 0.6) is 0 Å². The van der Waals surface area contributed by atoms with Crippen LogP contribution in [0.2, 0.25) is 0 Å². The summed E-state index contributed by atoms with van der Waals surface area (Å²) in [6.45, 7) is 8.24. The van der Waals surface area contributed by atoms with E-state index in [4.69, 9.17) is 11.5 Å².